The highest BCUT2D eigenvalue weighted by Gasteiger charge is 2.13. The average molecular weight is 340 g/mol. The van der Waals surface area contributed by atoms with E-state index in [-0.39, 0.29) is 24.1 Å². The van der Waals surface area contributed by atoms with Crippen LogP contribution in [0.5, 0.6) is 5.75 Å². The van der Waals surface area contributed by atoms with Gasteiger partial charge in [-0.2, -0.15) is 0 Å². The number of ether oxygens (including phenoxy) is 1. The quantitative estimate of drug-likeness (QED) is 0.759. The normalized spacial score (nSPS) is 10.0. The van der Waals surface area contributed by atoms with E-state index in [9.17, 15) is 14.4 Å². The average Bonchev–Trinajstić information content (AvgIpc) is 2.61. The van der Waals surface area contributed by atoms with Gasteiger partial charge in [-0.3, -0.25) is 14.4 Å². The van der Waals surface area contributed by atoms with E-state index in [2.05, 4.69) is 10.6 Å². The van der Waals surface area contributed by atoms with Gasteiger partial charge in [-0.25, -0.2) is 0 Å². The van der Waals surface area contributed by atoms with E-state index in [4.69, 9.17) is 4.74 Å². The number of amides is 2. The Kier molecular flexibility index (Phi) is 6.28. The van der Waals surface area contributed by atoms with Crippen LogP contribution in [0.3, 0.4) is 0 Å². The van der Waals surface area contributed by atoms with Crippen LogP contribution in [0.25, 0.3) is 0 Å². The van der Waals surface area contributed by atoms with Crippen molar-refractivity contribution in [3.05, 3.63) is 59.7 Å². The minimum atomic E-state index is -0.383. The van der Waals surface area contributed by atoms with E-state index < -0.39 is 0 Å². The summed E-state index contributed by atoms with van der Waals surface area (Å²) in [5.41, 5.74) is 1.50. The van der Waals surface area contributed by atoms with Crippen molar-refractivity contribution in [1.82, 2.24) is 5.32 Å². The fourth-order valence-corrected chi connectivity index (χ4v) is 2.18. The summed E-state index contributed by atoms with van der Waals surface area (Å²) in [5.74, 6) is -0.315. The Morgan fingerprint density at radius 1 is 1.00 bits per heavy atom. The predicted octanol–water partition coefficient (Wildman–Crippen LogP) is 2.66. The van der Waals surface area contributed by atoms with Gasteiger partial charge in [0.05, 0.1) is 18.7 Å². The van der Waals surface area contributed by atoms with Crippen molar-refractivity contribution in [3.63, 3.8) is 0 Å². The molecular weight excluding hydrogens is 320 g/mol. The number of rotatable bonds is 7. The second-order valence-electron chi connectivity index (χ2n) is 5.29. The summed E-state index contributed by atoms with van der Waals surface area (Å²) in [6.07, 6.45) is 0. The molecule has 2 aromatic carbocycles. The van der Waals surface area contributed by atoms with Crippen LogP contribution in [0.2, 0.25) is 0 Å². The second-order valence-corrected chi connectivity index (χ2v) is 5.29. The van der Waals surface area contributed by atoms with Crippen molar-refractivity contribution >= 4 is 23.3 Å². The molecule has 0 saturated heterocycles. The van der Waals surface area contributed by atoms with Gasteiger partial charge in [-0.05, 0) is 50.2 Å². The van der Waals surface area contributed by atoms with Crippen molar-refractivity contribution in [2.24, 2.45) is 0 Å². The van der Waals surface area contributed by atoms with Crippen LogP contribution in [0.15, 0.2) is 48.5 Å². The summed E-state index contributed by atoms with van der Waals surface area (Å²) in [5, 5.41) is 5.22. The maximum absolute atomic E-state index is 12.2. The molecule has 6 heteroatoms. The molecular formula is C19H20N2O4. The van der Waals surface area contributed by atoms with Crippen LogP contribution in [0.1, 0.15) is 34.6 Å². The number of hydrogen-bond donors (Lipinski definition) is 2. The lowest BCUT2D eigenvalue weighted by Crippen LogP contribution is -2.33. The lowest BCUT2D eigenvalue weighted by Gasteiger charge is -2.10. The number of nitrogens with one attached hydrogen (secondary N) is 2. The Morgan fingerprint density at radius 2 is 1.68 bits per heavy atom. The van der Waals surface area contributed by atoms with Gasteiger partial charge in [0, 0.05) is 11.3 Å². The zero-order chi connectivity index (χ0) is 18.2. The SMILES string of the molecule is CCOc1ccccc1C(=O)NCC(=O)Nc1ccc(C(C)=O)cc1. The first-order chi connectivity index (χ1) is 12.0. The van der Waals surface area contributed by atoms with Crippen LogP contribution in [0.4, 0.5) is 5.69 Å². The molecule has 0 unspecified atom stereocenters. The number of Topliss-reactive ketones (excluding diaryl/α,β-unsaturated/α-hetero) is 1. The number of benzene rings is 2. The summed E-state index contributed by atoms with van der Waals surface area (Å²) in [4.78, 5) is 35.4. The largest absolute Gasteiger partial charge is 0.493 e. The molecule has 2 rings (SSSR count). The third kappa shape index (κ3) is 5.17. The van der Waals surface area contributed by atoms with Crippen LogP contribution < -0.4 is 15.4 Å². The molecule has 0 atom stereocenters. The number of para-hydroxylation sites is 1. The molecule has 130 valence electrons. The smallest absolute Gasteiger partial charge is 0.255 e. The minimum Gasteiger partial charge on any atom is -0.493 e. The molecule has 0 fully saturated rings. The zero-order valence-electron chi connectivity index (χ0n) is 14.2. The van der Waals surface area contributed by atoms with Crippen LogP contribution in [0, 0.1) is 0 Å². The Labute approximate surface area is 146 Å². The molecule has 0 saturated carbocycles. The lowest BCUT2D eigenvalue weighted by molar-refractivity contribution is -0.115. The number of ketones is 1. The van der Waals surface area contributed by atoms with Gasteiger partial charge in [0.1, 0.15) is 5.75 Å². The highest BCUT2D eigenvalue weighted by molar-refractivity contribution is 6.01. The van der Waals surface area contributed by atoms with E-state index in [1.54, 1.807) is 48.5 Å². The van der Waals surface area contributed by atoms with Crippen LogP contribution in [-0.4, -0.2) is 30.7 Å². The number of carbonyl (C=O) groups is 3. The van der Waals surface area contributed by atoms with E-state index in [0.717, 1.165) is 0 Å². The molecule has 0 radical (unpaired) electrons. The molecule has 2 aromatic rings. The summed E-state index contributed by atoms with van der Waals surface area (Å²) in [6, 6.07) is 13.4. The summed E-state index contributed by atoms with van der Waals surface area (Å²) in [6.45, 7) is 3.58. The van der Waals surface area contributed by atoms with E-state index in [0.29, 0.717) is 29.2 Å². The van der Waals surface area contributed by atoms with Crippen molar-refractivity contribution in [2.75, 3.05) is 18.5 Å². The van der Waals surface area contributed by atoms with Gasteiger partial charge in [0.25, 0.3) is 5.91 Å². The van der Waals surface area contributed by atoms with E-state index in [1.165, 1.54) is 6.92 Å². The Bertz CT molecular complexity index is 769. The molecule has 0 aromatic heterocycles. The van der Waals surface area contributed by atoms with E-state index in [1.807, 2.05) is 6.92 Å². The monoisotopic (exact) mass is 340 g/mol. The number of hydrogen-bond acceptors (Lipinski definition) is 4. The molecule has 0 aliphatic rings. The second kappa shape index (κ2) is 8.63. The highest BCUT2D eigenvalue weighted by Crippen LogP contribution is 2.17. The first-order valence-corrected chi connectivity index (χ1v) is 7.92. The van der Waals surface area contributed by atoms with Crippen molar-refractivity contribution in [1.29, 1.82) is 0 Å². The number of carbonyl (C=O) groups excluding carboxylic acids is 3. The lowest BCUT2D eigenvalue weighted by atomic mass is 10.1. The molecule has 0 aliphatic carbocycles. The maximum atomic E-state index is 12.2. The van der Waals surface area contributed by atoms with Crippen LogP contribution >= 0.6 is 0 Å². The first kappa shape index (κ1) is 18.2. The van der Waals surface area contributed by atoms with E-state index >= 15 is 0 Å². The summed E-state index contributed by atoms with van der Waals surface area (Å²) in [7, 11) is 0. The number of anilines is 1. The molecule has 0 bridgehead atoms. The highest BCUT2D eigenvalue weighted by atomic mass is 16.5. The molecule has 0 heterocycles. The van der Waals surface area contributed by atoms with Gasteiger partial charge in [0.2, 0.25) is 5.91 Å². The van der Waals surface area contributed by atoms with Crippen molar-refractivity contribution in [2.45, 2.75) is 13.8 Å². The fraction of sp³-hybridized carbons (Fsp3) is 0.211. The Balaban J connectivity index is 1.91. The van der Waals surface area contributed by atoms with Crippen molar-refractivity contribution in [3.8, 4) is 5.75 Å². The molecule has 2 amide bonds. The predicted molar refractivity (Wildman–Crippen MR) is 95.0 cm³/mol. The fourth-order valence-electron chi connectivity index (χ4n) is 2.18. The Morgan fingerprint density at radius 3 is 2.32 bits per heavy atom. The Hall–Kier alpha value is -3.15. The van der Waals surface area contributed by atoms with Gasteiger partial charge >= 0.3 is 0 Å². The van der Waals surface area contributed by atoms with Gasteiger partial charge in [-0.1, -0.05) is 12.1 Å². The maximum Gasteiger partial charge on any atom is 0.255 e. The molecule has 25 heavy (non-hydrogen) atoms. The first-order valence-electron chi connectivity index (χ1n) is 7.92. The summed E-state index contributed by atoms with van der Waals surface area (Å²) < 4.78 is 5.40. The molecule has 6 nitrogen and oxygen atoms in total. The van der Waals surface area contributed by atoms with Gasteiger partial charge in [0.15, 0.2) is 5.78 Å². The minimum absolute atomic E-state index is 0.0434. The topological polar surface area (TPSA) is 84.5 Å². The zero-order valence-corrected chi connectivity index (χ0v) is 14.2. The molecule has 0 spiro atoms. The molecule has 2 N–H and O–H groups in total. The molecule has 0 aliphatic heterocycles. The van der Waals surface area contributed by atoms with Crippen LogP contribution in [-0.2, 0) is 4.79 Å². The third-order valence-corrected chi connectivity index (χ3v) is 3.42. The van der Waals surface area contributed by atoms with Gasteiger partial charge in [-0.15, -0.1) is 0 Å². The summed E-state index contributed by atoms with van der Waals surface area (Å²) >= 11 is 0. The third-order valence-electron chi connectivity index (χ3n) is 3.42. The van der Waals surface area contributed by atoms with Crippen molar-refractivity contribution < 1.29 is 19.1 Å². The standard InChI is InChI=1S/C19H20N2O4/c1-3-25-17-7-5-4-6-16(17)19(24)20-12-18(23)21-15-10-8-14(9-11-15)13(2)22/h4-11H,3,12H2,1-2H3,(H,20,24)(H,21,23). The van der Waals surface area contributed by atoms with Gasteiger partial charge < -0.3 is 15.4 Å².